The summed E-state index contributed by atoms with van der Waals surface area (Å²) in [6, 6.07) is 12.8. The molecule has 88 valence electrons. The van der Waals surface area contributed by atoms with Gasteiger partial charge in [-0.05, 0) is 48.4 Å². The molecule has 0 atom stereocenters. The summed E-state index contributed by atoms with van der Waals surface area (Å²) in [7, 11) is 0. The Bertz CT molecular complexity index is 546. The molecule has 2 aromatic rings. The van der Waals surface area contributed by atoms with Crippen LogP contribution in [-0.2, 0) is 0 Å². The lowest BCUT2D eigenvalue weighted by Gasteiger charge is -2.07. The number of benzene rings is 2. The maximum atomic E-state index is 3.90. The first kappa shape index (κ1) is 12.2. The summed E-state index contributed by atoms with van der Waals surface area (Å²) < 4.78 is 1.12. The lowest BCUT2D eigenvalue weighted by molar-refractivity contribution is 1.00. The van der Waals surface area contributed by atoms with Gasteiger partial charge in [0.2, 0.25) is 0 Å². The summed E-state index contributed by atoms with van der Waals surface area (Å²) in [5.41, 5.74) is 2.38. The first-order chi connectivity index (χ1) is 8.15. The number of halogens is 1. The van der Waals surface area contributed by atoms with Crippen LogP contribution in [0.3, 0.4) is 0 Å². The van der Waals surface area contributed by atoms with Gasteiger partial charge in [0.05, 0.1) is 0 Å². The second-order valence-electron chi connectivity index (χ2n) is 4.34. The lowest BCUT2D eigenvalue weighted by atomic mass is 10.1. The topological polar surface area (TPSA) is 12.0 Å². The molecular weight excluding hydrogens is 274 g/mol. The van der Waals surface area contributed by atoms with E-state index in [1.165, 1.54) is 22.0 Å². The van der Waals surface area contributed by atoms with Gasteiger partial charge in [-0.25, -0.2) is 0 Å². The van der Waals surface area contributed by atoms with Crippen LogP contribution in [0, 0.1) is 0 Å². The number of anilines is 1. The molecule has 2 heteroatoms. The summed E-state index contributed by atoms with van der Waals surface area (Å²) in [6.45, 7) is 6.90. The fraction of sp³-hybridized carbons (Fsp3) is 0.200. The average Bonchev–Trinajstić information content (AvgIpc) is 2.29. The van der Waals surface area contributed by atoms with Gasteiger partial charge in [0.25, 0.3) is 0 Å². The van der Waals surface area contributed by atoms with Crippen LogP contribution in [-0.4, -0.2) is 6.54 Å². The van der Waals surface area contributed by atoms with Crippen LogP contribution in [0.2, 0.25) is 0 Å². The Hall–Kier alpha value is -1.28. The van der Waals surface area contributed by atoms with Crippen LogP contribution in [0.25, 0.3) is 10.8 Å². The molecule has 0 unspecified atom stereocenters. The number of nitrogens with one attached hydrogen (secondary N) is 1. The summed E-state index contributed by atoms with van der Waals surface area (Å²) in [6.07, 6.45) is 1.01. The van der Waals surface area contributed by atoms with Gasteiger partial charge in [-0.3, -0.25) is 0 Å². The van der Waals surface area contributed by atoms with E-state index in [4.69, 9.17) is 0 Å². The standard InChI is InChI=1S/C15H16BrN/c1-11(2)7-8-17-15-6-4-12-9-14(16)5-3-13(12)10-15/h3-6,9-10,17H,1,7-8H2,2H3. The summed E-state index contributed by atoms with van der Waals surface area (Å²) in [5.74, 6) is 0. The van der Waals surface area contributed by atoms with Crippen molar-refractivity contribution in [2.45, 2.75) is 13.3 Å². The highest BCUT2D eigenvalue weighted by atomic mass is 79.9. The molecule has 0 aliphatic rings. The van der Waals surface area contributed by atoms with Crippen molar-refractivity contribution >= 4 is 32.4 Å². The van der Waals surface area contributed by atoms with Gasteiger partial charge >= 0.3 is 0 Å². The molecule has 0 saturated carbocycles. The molecule has 0 spiro atoms. The minimum absolute atomic E-state index is 0.942. The zero-order valence-electron chi connectivity index (χ0n) is 9.96. The third kappa shape index (κ3) is 3.34. The first-order valence-electron chi connectivity index (χ1n) is 5.73. The molecule has 2 aromatic carbocycles. The van der Waals surface area contributed by atoms with Crippen molar-refractivity contribution in [3.63, 3.8) is 0 Å². The fourth-order valence-electron chi connectivity index (χ4n) is 1.75. The van der Waals surface area contributed by atoms with Crippen molar-refractivity contribution in [3.05, 3.63) is 53.0 Å². The van der Waals surface area contributed by atoms with E-state index in [0.29, 0.717) is 0 Å². The van der Waals surface area contributed by atoms with E-state index in [2.05, 4.69) is 71.1 Å². The minimum Gasteiger partial charge on any atom is -0.385 e. The zero-order valence-corrected chi connectivity index (χ0v) is 11.5. The molecule has 0 bridgehead atoms. The Labute approximate surface area is 111 Å². The predicted octanol–water partition coefficient (Wildman–Crippen LogP) is 4.98. The number of fused-ring (bicyclic) bond motifs is 1. The van der Waals surface area contributed by atoms with E-state index in [-0.39, 0.29) is 0 Å². The first-order valence-corrected chi connectivity index (χ1v) is 6.52. The molecule has 1 nitrogen and oxygen atoms in total. The average molecular weight is 290 g/mol. The molecular formula is C15H16BrN. The Morgan fingerprint density at radius 2 is 1.88 bits per heavy atom. The summed E-state index contributed by atoms with van der Waals surface area (Å²) in [4.78, 5) is 0. The number of rotatable bonds is 4. The highest BCUT2D eigenvalue weighted by Crippen LogP contribution is 2.22. The van der Waals surface area contributed by atoms with Crippen LogP contribution < -0.4 is 5.32 Å². The van der Waals surface area contributed by atoms with Crippen LogP contribution in [0.1, 0.15) is 13.3 Å². The monoisotopic (exact) mass is 289 g/mol. The van der Waals surface area contributed by atoms with E-state index in [9.17, 15) is 0 Å². The van der Waals surface area contributed by atoms with E-state index >= 15 is 0 Å². The number of hydrogen-bond donors (Lipinski definition) is 1. The third-order valence-corrected chi connectivity index (χ3v) is 3.18. The van der Waals surface area contributed by atoms with Gasteiger partial charge < -0.3 is 5.32 Å². The van der Waals surface area contributed by atoms with E-state index < -0.39 is 0 Å². The molecule has 0 radical (unpaired) electrons. The molecule has 2 rings (SSSR count). The van der Waals surface area contributed by atoms with Crippen molar-refractivity contribution in [1.82, 2.24) is 0 Å². The highest BCUT2D eigenvalue weighted by molar-refractivity contribution is 9.10. The van der Waals surface area contributed by atoms with Gasteiger partial charge in [0.1, 0.15) is 0 Å². The molecule has 0 aromatic heterocycles. The van der Waals surface area contributed by atoms with Crippen LogP contribution in [0.15, 0.2) is 53.0 Å². The Morgan fingerprint density at radius 3 is 2.65 bits per heavy atom. The SMILES string of the molecule is C=C(C)CCNc1ccc2cc(Br)ccc2c1. The molecule has 0 amide bonds. The van der Waals surface area contributed by atoms with Gasteiger partial charge in [0, 0.05) is 16.7 Å². The van der Waals surface area contributed by atoms with Crippen LogP contribution in [0.4, 0.5) is 5.69 Å². The molecule has 0 heterocycles. The molecule has 17 heavy (non-hydrogen) atoms. The molecule has 0 saturated heterocycles. The van der Waals surface area contributed by atoms with E-state index in [0.717, 1.165) is 17.4 Å². The maximum absolute atomic E-state index is 3.90. The largest absolute Gasteiger partial charge is 0.385 e. The minimum atomic E-state index is 0.942. The van der Waals surface area contributed by atoms with Crippen molar-refractivity contribution in [3.8, 4) is 0 Å². The van der Waals surface area contributed by atoms with E-state index in [1.54, 1.807) is 0 Å². The van der Waals surface area contributed by atoms with Gasteiger partial charge in [-0.1, -0.05) is 33.6 Å². The smallest absolute Gasteiger partial charge is 0.0346 e. The molecule has 1 N–H and O–H groups in total. The van der Waals surface area contributed by atoms with Crippen LogP contribution >= 0.6 is 15.9 Å². The zero-order chi connectivity index (χ0) is 12.3. The Morgan fingerprint density at radius 1 is 1.18 bits per heavy atom. The predicted molar refractivity (Wildman–Crippen MR) is 79.6 cm³/mol. The van der Waals surface area contributed by atoms with Crippen LogP contribution in [0.5, 0.6) is 0 Å². The van der Waals surface area contributed by atoms with Crippen molar-refractivity contribution in [2.75, 3.05) is 11.9 Å². The quantitative estimate of drug-likeness (QED) is 0.783. The molecule has 0 aliphatic heterocycles. The molecule has 0 fully saturated rings. The highest BCUT2D eigenvalue weighted by Gasteiger charge is 1.97. The molecule has 0 aliphatic carbocycles. The summed E-state index contributed by atoms with van der Waals surface area (Å²) in [5, 5.41) is 5.92. The number of hydrogen-bond acceptors (Lipinski definition) is 1. The van der Waals surface area contributed by atoms with Gasteiger partial charge in [-0.15, -0.1) is 6.58 Å². The van der Waals surface area contributed by atoms with Crippen molar-refractivity contribution in [2.24, 2.45) is 0 Å². The van der Waals surface area contributed by atoms with Gasteiger partial charge in [0.15, 0.2) is 0 Å². The summed E-state index contributed by atoms with van der Waals surface area (Å²) >= 11 is 3.48. The third-order valence-electron chi connectivity index (χ3n) is 2.68. The Balaban J connectivity index is 2.14. The second kappa shape index (κ2) is 5.37. The Kier molecular flexibility index (Phi) is 3.85. The van der Waals surface area contributed by atoms with Crippen molar-refractivity contribution in [1.29, 1.82) is 0 Å². The van der Waals surface area contributed by atoms with E-state index in [1.807, 2.05) is 0 Å². The second-order valence-corrected chi connectivity index (χ2v) is 5.26. The normalized spacial score (nSPS) is 10.5. The maximum Gasteiger partial charge on any atom is 0.0346 e. The lowest BCUT2D eigenvalue weighted by Crippen LogP contribution is -2.01. The van der Waals surface area contributed by atoms with Gasteiger partial charge in [-0.2, -0.15) is 0 Å². The fourth-order valence-corrected chi connectivity index (χ4v) is 2.13. The van der Waals surface area contributed by atoms with Crippen molar-refractivity contribution < 1.29 is 0 Å².